The Morgan fingerprint density at radius 2 is 2.04 bits per heavy atom. The first kappa shape index (κ1) is 20.7. The van der Waals surface area contributed by atoms with Crippen LogP contribution in [0.3, 0.4) is 0 Å². The van der Waals surface area contributed by atoms with E-state index in [0.717, 1.165) is 10.0 Å². The van der Waals surface area contributed by atoms with E-state index in [1.165, 1.54) is 7.11 Å². The third-order valence-electron chi connectivity index (χ3n) is 3.58. The lowest BCUT2D eigenvalue weighted by Gasteiger charge is -2.16. The first-order valence-corrected chi connectivity index (χ1v) is 9.48. The van der Waals surface area contributed by atoms with Gasteiger partial charge < -0.3 is 15.4 Å². The molecule has 8 heteroatoms. The van der Waals surface area contributed by atoms with Gasteiger partial charge in [0, 0.05) is 16.2 Å². The Balaban J connectivity index is 1.94. The molecule has 0 aliphatic heterocycles. The number of thioether (sulfide) groups is 1. The zero-order chi connectivity index (χ0) is 19.1. The Bertz CT molecular complexity index is 762. The molecule has 0 unspecified atom stereocenters. The maximum absolute atomic E-state index is 12.6. The third-order valence-corrected chi connectivity index (χ3v) is 4.84. The number of amides is 1. The molecule has 1 atom stereocenters. The first-order valence-electron chi connectivity index (χ1n) is 7.80. The molecular formula is C18H19BrF2N2O2S. The molecule has 2 aromatic rings. The van der Waals surface area contributed by atoms with E-state index >= 15 is 0 Å². The van der Waals surface area contributed by atoms with Crippen molar-refractivity contribution < 1.29 is 18.3 Å². The Morgan fingerprint density at radius 1 is 1.27 bits per heavy atom. The number of nitrogens with one attached hydrogen (secondary N) is 2. The molecule has 0 aliphatic rings. The molecule has 4 nitrogen and oxygen atoms in total. The number of anilines is 1. The van der Waals surface area contributed by atoms with Gasteiger partial charge in [-0.25, -0.2) is 0 Å². The highest BCUT2D eigenvalue weighted by Gasteiger charge is 2.14. The van der Waals surface area contributed by atoms with Crippen molar-refractivity contribution in [3.8, 4) is 5.75 Å². The van der Waals surface area contributed by atoms with E-state index in [4.69, 9.17) is 4.74 Å². The van der Waals surface area contributed by atoms with Gasteiger partial charge in [-0.15, -0.1) is 0 Å². The highest BCUT2D eigenvalue weighted by molar-refractivity contribution is 9.10. The van der Waals surface area contributed by atoms with Crippen LogP contribution in [0.1, 0.15) is 18.5 Å². The Morgan fingerprint density at radius 3 is 2.69 bits per heavy atom. The molecule has 0 fully saturated rings. The number of benzene rings is 2. The van der Waals surface area contributed by atoms with E-state index in [1.807, 2.05) is 25.1 Å². The summed E-state index contributed by atoms with van der Waals surface area (Å²) in [6.07, 6.45) is 0. The number of rotatable bonds is 8. The minimum absolute atomic E-state index is 0.115. The molecular weight excluding hydrogens is 426 g/mol. The zero-order valence-corrected chi connectivity index (χ0v) is 16.7. The fourth-order valence-electron chi connectivity index (χ4n) is 2.28. The van der Waals surface area contributed by atoms with Crippen molar-refractivity contribution in [2.45, 2.75) is 23.6 Å². The molecule has 0 aromatic heterocycles. The van der Waals surface area contributed by atoms with Gasteiger partial charge in [0.1, 0.15) is 5.75 Å². The number of methoxy groups -OCH3 is 1. The lowest BCUT2D eigenvalue weighted by Crippen LogP contribution is -2.30. The normalized spacial score (nSPS) is 12.1. The van der Waals surface area contributed by atoms with Gasteiger partial charge in [-0.3, -0.25) is 4.79 Å². The molecule has 140 valence electrons. The number of carbonyl (C=O) groups excluding carboxylic acids is 1. The van der Waals surface area contributed by atoms with Crippen LogP contribution in [0.25, 0.3) is 0 Å². The zero-order valence-electron chi connectivity index (χ0n) is 14.3. The molecule has 0 saturated heterocycles. The fourth-order valence-corrected chi connectivity index (χ4v) is 3.28. The number of alkyl halides is 2. The topological polar surface area (TPSA) is 50.4 Å². The molecule has 0 saturated carbocycles. The van der Waals surface area contributed by atoms with Crippen LogP contribution < -0.4 is 15.4 Å². The van der Waals surface area contributed by atoms with Crippen LogP contribution in [-0.2, 0) is 4.79 Å². The maximum Gasteiger partial charge on any atom is 0.289 e. The molecule has 2 N–H and O–H groups in total. The van der Waals surface area contributed by atoms with Crippen molar-refractivity contribution in [1.82, 2.24) is 5.32 Å². The minimum atomic E-state index is -2.51. The summed E-state index contributed by atoms with van der Waals surface area (Å²) in [5, 5.41) is 5.91. The van der Waals surface area contributed by atoms with Crippen LogP contribution in [0.4, 0.5) is 14.5 Å². The van der Waals surface area contributed by atoms with Crippen LogP contribution >= 0.6 is 27.7 Å². The van der Waals surface area contributed by atoms with Gasteiger partial charge in [0.05, 0.1) is 18.6 Å². The van der Waals surface area contributed by atoms with E-state index in [0.29, 0.717) is 28.1 Å². The predicted octanol–water partition coefficient (Wildman–Crippen LogP) is 5.06. The summed E-state index contributed by atoms with van der Waals surface area (Å²) < 4.78 is 31.2. The largest absolute Gasteiger partial charge is 0.496 e. The fraction of sp³-hybridized carbons (Fsp3) is 0.278. The molecule has 0 heterocycles. The molecule has 2 aromatic carbocycles. The van der Waals surface area contributed by atoms with Crippen LogP contribution in [-0.4, -0.2) is 25.3 Å². The summed E-state index contributed by atoms with van der Waals surface area (Å²) in [5.74, 6) is -2.29. The van der Waals surface area contributed by atoms with Gasteiger partial charge in [-0.1, -0.05) is 39.8 Å². The quantitative estimate of drug-likeness (QED) is 0.558. The molecule has 0 spiro atoms. The third kappa shape index (κ3) is 6.26. The number of halogens is 3. The van der Waals surface area contributed by atoms with Gasteiger partial charge in [0.25, 0.3) is 5.76 Å². The van der Waals surface area contributed by atoms with Crippen molar-refractivity contribution >= 4 is 39.3 Å². The van der Waals surface area contributed by atoms with Gasteiger partial charge >= 0.3 is 0 Å². The Labute approximate surface area is 163 Å². The highest BCUT2D eigenvalue weighted by Crippen LogP contribution is 2.35. The van der Waals surface area contributed by atoms with E-state index in [2.05, 4.69) is 26.6 Å². The van der Waals surface area contributed by atoms with Crippen LogP contribution in [0.15, 0.2) is 51.8 Å². The predicted molar refractivity (Wildman–Crippen MR) is 104 cm³/mol. The average molecular weight is 445 g/mol. The van der Waals surface area contributed by atoms with Gasteiger partial charge in [0.2, 0.25) is 5.91 Å². The standard InChI is InChI=1S/C18H19BrF2N2O2S/c1-11(12-6-7-16(26-18(20)21)15(8-12)25-2)22-10-17(24)23-14-5-3-4-13(19)9-14/h3-9,11,18,22H,10H2,1-2H3,(H,23,24)/t11-/m1/s1. The number of carbonyl (C=O) groups is 1. The second kappa shape index (κ2) is 9.89. The van der Waals surface area contributed by atoms with Crippen molar-refractivity contribution in [3.63, 3.8) is 0 Å². The average Bonchev–Trinajstić information content (AvgIpc) is 2.59. The first-order chi connectivity index (χ1) is 12.4. The molecule has 0 aliphatic carbocycles. The lowest BCUT2D eigenvalue weighted by molar-refractivity contribution is -0.115. The molecule has 0 bridgehead atoms. The van der Waals surface area contributed by atoms with E-state index in [9.17, 15) is 13.6 Å². The van der Waals surface area contributed by atoms with E-state index in [-0.39, 0.29) is 18.5 Å². The molecule has 2 rings (SSSR count). The monoisotopic (exact) mass is 444 g/mol. The summed E-state index contributed by atoms with van der Waals surface area (Å²) >= 11 is 3.80. The van der Waals surface area contributed by atoms with Gasteiger partial charge in [-0.2, -0.15) is 8.78 Å². The van der Waals surface area contributed by atoms with Gasteiger partial charge in [-0.05, 0) is 42.8 Å². The van der Waals surface area contributed by atoms with E-state index < -0.39 is 5.76 Å². The number of hydrogen-bond acceptors (Lipinski definition) is 4. The molecule has 26 heavy (non-hydrogen) atoms. The Kier molecular flexibility index (Phi) is 7.86. The summed E-state index contributed by atoms with van der Waals surface area (Å²) in [6, 6.07) is 12.2. The van der Waals surface area contributed by atoms with Crippen molar-refractivity contribution in [1.29, 1.82) is 0 Å². The van der Waals surface area contributed by atoms with Crippen LogP contribution in [0, 0.1) is 0 Å². The maximum atomic E-state index is 12.6. The van der Waals surface area contributed by atoms with Crippen molar-refractivity contribution in [2.75, 3.05) is 19.0 Å². The SMILES string of the molecule is COc1cc([C@@H](C)NCC(=O)Nc2cccc(Br)c2)ccc1SC(F)F. The smallest absolute Gasteiger partial charge is 0.289 e. The summed E-state index contributed by atoms with van der Waals surface area (Å²) in [5.41, 5.74) is 1.55. The minimum Gasteiger partial charge on any atom is -0.496 e. The summed E-state index contributed by atoms with van der Waals surface area (Å²) in [4.78, 5) is 12.4. The van der Waals surface area contributed by atoms with Crippen LogP contribution in [0.2, 0.25) is 0 Å². The highest BCUT2D eigenvalue weighted by atomic mass is 79.9. The second-order valence-electron chi connectivity index (χ2n) is 5.45. The molecule has 0 radical (unpaired) electrons. The second-order valence-corrected chi connectivity index (χ2v) is 7.40. The van der Waals surface area contributed by atoms with Crippen molar-refractivity contribution in [2.24, 2.45) is 0 Å². The lowest BCUT2D eigenvalue weighted by atomic mass is 10.1. The van der Waals surface area contributed by atoms with E-state index in [1.54, 1.807) is 24.3 Å². The summed E-state index contributed by atoms with van der Waals surface area (Å²) in [6.45, 7) is 2.00. The van der Waals surface area contributed by atoms with Gasteiger partial charge in [0.15, 0.2) is 0 Å². The van der Waals surface area contributed by atoms with Crippen LogP contribution in [0.5, 0.6) is 5.75 Å². The Hall–Kier alpha value is -1.64. The molecule has 1 amide bonds. The number of ether oxygens (including phenoxy) is 1. The van der Waals surface area contributed by atoms with Crippen molar-refractivity contribution in [3.05, 3.63) is 52.5 Å². The number of hydrogen-bond donors (Lipinski definition) is 2. The summed E-state index contributed by atoms with van der Waals surface area (Å²) in [7, 11) is 1.44.